The molecule has 0 bridgehead atoms. The van der Waals surface area contributed by atoms with E-state index in [-0.39, 0.29) is 6.61 Å². The van der Waals surface area contributed by atoms with Gasteiger partial charge in [0.2, 0.25) is 0 Å². The summed E-state index contributed by atoms with van der Waals surface area (Å²) in [6, 6.07) is 10.3. The van der Waals surface area contributed by atoms with Crippen molar-refractivity contribution in [1.82, 2.24) is 0 Å². The maximum Gasteiger partial charge on any atom is 0.0566 e. The quantitative estimate of drug-likeness (QED) is 0.645. The highest BCUT2D eigenvalue weighted by Gasteiger charge is 1.72. The monoisotopic (exact) mass is 172 g/mol. The number of halogens is 1. The molecule has 11 heavy (non-hydrogen) atoms. The van der Waals surface area contributed by atoms with Gasteiger partial charge in [0, 0.05) is 5.88 Å². The first-order valence-electron chi connectivity index (χ1n) is 3.49. The van der Waals surface area contributed by atoms with E-state index in [0.717, 1.165) is 0 Å². The summed E-state index contributed by atoms with van der Waals surface area (Å²) in [6.45, 7) is 2.17. The molecule has 0 radical (unpaired) electrons. The van der Waals surface area contributed by atoms with E-state index in [1.165, 1.54) is 5.56 Å². The molecule has 1 rings (SSSR count). The van der Waals surface area contributed by atoms with E-state index in [2.05, 4.69) is 19.1 Å². The van der Waals surface area contributed by atoms with E-state index < -0.39 is 0 Å². The molecule has 62 valence electrons. The Hall–Kier alpha value is -0.530. The van der Waals surface area contributed by atoms with Crippen molar-refractivity contribution in [2.24, 2.45) is 0 Å². The lowest BCUT2D eigenvalue weighted by molar-refractivity contribution is 0.321. The van der Waals surface area contributed by atoms with E-state index in [1.54, 1.807) is 0 Å². The molecule has 0 aromatic heterocycles. The van der Waals surface area contributed by atoms with Gasteiger partial charge in [0.15, 0.2) is 0 Å². The van der Waals surface area contributed by atoms with Gasteiger partial charge in [0.25, 0.3) is 0 Å². The van der Waals surface area contributed by atoms with Gasteiger partial charge in [-0.25, -0.2) is 0 Å². The van der Waals surface area contributed by atoms with Crippen LogP contribution in [0.5, 0.6) is 0 Å². The number of aliphatic hydroxyl groups excluding tert-OH is 1. The normalized spacial score (nSPS) is 8.27. The van der Waals surface area contributed by atoms with E-state index in [9.17, 15) is 0 Å². The molecule has 0 unspecified atom stereocenters. The van der Waals surface area contributed by atoms with Gasteiger partial charge >= 0.3 is 0 Å². The van der Waals surface area contributed by atoms with Gasteiger partial charge in [-0.15, -0.1) is 11.6 Å². The fourth-order valence-corrected chi connectivity index (χ4v) is 0.534. The molecule has 1 nitrogen and oxygen atoms in total. The average Bonchev–Trinajstić information content (AvgIpc) is 2.07. The van der Waals surface area contributed by atoms with Crippen LogP contribution in [0.3, 0.4) is 0 Å². The summed E-state index contributed by atoms with van der Waals surface area (Å²) in [7, 11) is 0. The van der Waals surface area contributed by atoms with Gasteiger partial charge in [-0.2, -0.15) is 0 Å². The van der Waals surface area contributed by atoms with Crippen LogP contribution < -0.4 is 0 Å². The SMILES string of the molecule is Cc1ccccc1.OCCCl. The molecule has 1 aromatic carbocycles. The number of hydrogen-bond donors (Lipinski definition) is 1. The Balaban J connectivity index is 0.000000218. The van der Waals surface area contributed by atoms with E-state index in [0.29, 0.717) is 5.88 Å². The third kappa shape index (κ3) is 7.37. The second kappa shape index (κ2) is 7.58. The summed E-state index contributed by atoms with van der Waals surface area (Å²) >= 11 is 4.94. The highest BCUT2D eigenvalue weighted by molar-refractivity contribution is 6.17. The Morgan fingerprint density at radius 2 is 1.73 bits per heavy atom. The first kappa shape index (κ1) is 10.5. The van der Waals surface area contributed by atoms with Crippen LogP contribution in [-0.2, 0) is 0 Å². The van der Waals surface area contributed by atoms with Gasteiger partial charge in [-0.05, 0) is 6.92 Å². The van der Waals surface area contributed by atoms with E-state index in [1.807, 2.05) is 18.2 Å². The standard InChI is InChI=1S/C7H8.C2H5ClO/c1-7-5-3-2-4-6-7;3-1-2-4/h2-6H,1H3;4H,1-2H2. The molecule has 0 amide bonds. The molecule has 0 atom stereocenters. The summed E-state index contributed by atoms with van der Waals surface area (Å²) in [5.41, 5.74) is 1.32. The van der Waals surface area contributed by atoms with Crippen molar-refractivity contribution in [1.29, 1.82) is 0 Å². The number of hydrogen-bond acceptors (Lipinski definition) is 1. The second-order valence-electron chi connectivity index (χ2n) is 2.07. The van der Waals surface area contributed by atoms with Gasteiger partial charge in [-0.1, -0.05) is 35.9 Å². The summed E-state index contributed by atoms with van der Waals surface area (Å²) in [5.74, 6) is 0.347. The Kier molecular flexibility index (Phi) is 7.21. The van der Waals surface area contributed by atoms with Crippen molar-refractivity contribution in [2.45, 2.75) is 6.92 Å². The number of benzene rings is 1. The first-order chi connectivity index (χ1) is 5.31. The number of aliphatic hydroxyl groups is 1. The number of aryl methyl sites for hydroxylation is 1. The van der Waals surface area contributed by atoms with E-state index >= 15 is 0 Å². The molecule has 0 aliphatic carbocycles. The summed E-state index contributed by atoms with van der Waals surface area (Å²) < 4.78 is 0. The zero-order valence-electron chi connectivity index (χ0n) is 6.63. The maximum atomic E-state index is 7.74. The van der Waals surface area contributed by atoms with E-state index in [4.69, 9.17) is 16.7 Å². The lowest BCUT2D eigenvalue weighted by Crippen LogP contribution is -1.76. The predicted octanol–water partition coefficient (Wildman–Crippen LogP) is 2.21. The predicted molar refractivity (Wildman–Crippen MR) is 49.0 cm³/mol. The van der Waals surface area contributed by atoms with Crippen molar-refractivity contribution >= 4 is 11.6 Å². The molecule has 0 heterocycles. The van der Waals surface area contributed by atoms with Crippen LogP contribution in [-0.4, -0.2) is 17.6 Å². The minimum atomic E-state index is 0.0849. The minimum absolute atomic E-state index is 0.0849. The molecule has 1 aromatic rings. The lowest BCUT2D eigenvalue weighted by atomic mass is 10.2. The second-order valence-corrected chi connectivity index (χ2v) is 2.45. The minimum Gasteiger partial charge on any atom is -0.395 e. The first-order valence-corrected chi connectivity index (χ1v) is 4.03. The fourth-order valence-electron chi connectivity index (χ4n) is 0.534. The van der Waals surface area contributed by atoms with Crippen molar-refractivity contribution in [3.8, 4) is 0 Å². The summed E-state index contributed by atoms with van der Waals surface area (Å²) in [4.78, 5) is 0. The molecule has 0 spiro atoms. The topological polar surface area (TPSA) is 20.2 Å². The van der Waals surface area contributed by atoms with Crippen molar-refractivity contribution in [3.63, 3.8) is 0 Å². The van der Waals surface area contributed by atoms with Crippen LogP contribution in [0.4, 0.5) is 0 Å². The van der Waals surface area contributed by atoms with Crippen molar-refractivity contribution in [3.05, 3.63) is 35.9 Å². The highest BCUT2D eigenvalue weighted by atomic mass is 35.5. The Morgan fingerprint density at radius 3 is 1.91 bits per heavy atom. The van der Waals surface area contributed by atoms with Gasteiger partial charge < -0.3 is 5.11 Å². The summed E-state index contributed by atoms with van der Waals surface area (Å²) in [5, 5.41) is 7.74. The molecule has 0 saturated carbocycles. The Labute approximate surface area is 72.6 Å². The van der Waals surface area contributed by atoms with Crippen molar-refractivity contribution in [2.75, 3.05) is 12.5 Å². The molecular formula is C9H13ClO. The van der Waals surface area contributed by atoms with Gasteiger partial charge in [0.1, 0.15) is 0 Å². The van der Waals surface area contributed by atoms with Crippen LogP contribution >= 0.6 is 11.6 Å². The third-order valence-corrected chi connectivity index (χ3v) is 1.19. The van der Waals surface area contributed by atoms with Crippen LogP contribution in [0.25, 0.3) is 0 Å². The Morgan fingerprint density at radius 1 is 1.27 bits per heavy atom. The Bertz CT molecular complexity index is 160. The smallest absolute Gasteiger partial charge is 0.0566 e. The largest absolute Gasteiger partial charge is 0.395 e. The average molecular weight is 173 g/mol. The van der Waals surface area contributed by atoms with Crippen LogP contribution in [0.2, 0.25) is 0 Å². The fraction of sp³-hybridized carbons (Fsp3) is 0.333. The zero-order valence-corrected chi connectivity index (χ0v) is 7.38. The van der Waals surface area contributed by atoms with Crippen LogP contribution in [0.15, 0.2) is 30.3 Å². The maximum absolute atomic E-state index is 7.74. The molecule has 0 aliphatic rings. The molecule has 0 aliphatic heterocycles. The van der Waals surface area contributed by atoms with Gasteiger partial charge in [-0.3, -0.25) is 0 Å². The van der Waals surface area contributed by atoms with Crippen LogP contribution in [0.1, 0.15) is 5.56 Å². The van der Waals surface area contributed by atoms with Crippen LogP contribution in [0, 0.1) is 6.92 Å². The van der Waals surface area contributed by atoms with Gasteiger partial charge in [0.05, 0.1) is 6.61 Å². The summed E-state index contributed by atoms with van der Waals surface area (Å²) in [6.07, 6.45) is 0. The third-order valence-electron chi connectivity index (χ3n) is 1.02. The molecule has 0 saturated heterocycles. The molecule has 0 fully saturated rings. The lowest BCUT2D eigenvalue weighted by Gasteiger charge is -1.82. The molecule has 1 N–H and O–H groups in total. The zero-order chi connectivity index (χ0) is 8.53. The number of alkyl halides is 1. The molecular weight excluding hydrogens is 160 g/mol. The highest BCUT2D eigenvalue weighted by Crippen LogP contribution is 1.92. The van der Waals surface area contributed by atoms with Crippen molar-refractivity contribution < 1.29 is 5.11 Å². The molecule has 2 heteroatoms. The number of rotatable bonds is 1.